The van der Waals surface area contributed by atoms with Gasteiger partial charge in [0.1, 0.15) is 0 Å². The van der Waals surface area contributed by atoms with Crippen LogP contribution in [0.3, 0.4) is 0 Å². The first-order valence-corrected chi connectivity index (χ1v) is 8.54. The number of hydrogen-bond acceptors (Lipinski definition) is 3. The number of nitrogens with one attached hydrogen (secondary N) is 1. The van der Waals surface area contributed by atoms with E-state index in [9.17, 15) is 4.79 Å². The smallest absolute Gasteiger partial charge is 0.240 e. The van der Waals surface area contributed by atoms with E-state index in [4.69, 9.17) is 5.73 Å². The first kappa shape index (κ1) is 15.5. The number of amides is 1. The van der Waals surface area contributed by atoms with Gasteiger partial charge in [-0.05, 0) is 30.4 Å². The van der Waals surface area contributed by atoms with E-state index in [0.29, 0.717) is 6.54 Å². The lowest BCUT2D eigenvalue weighted by atomic mass is 9.82. The summed E-state index contributed by atoms with van der Waals surface area (Å²) < 4.78 is 0. The number of carbonyl (C=O) groups is 1. The second-order valence-corrected chi connectivity index (χ2v) is 6.77. The standard InChI is InChI=1S/C18H27N3O/c19-18(9-4-1-5-10-18)17(22)20-11-13-21-12-8-15-6-2-3-7-16(15)14-21/h2-3,6-7H,1,4-5,8-14,19H2,(H,20,22). The highest BCUT2D eigenvalue weighted by Gasteiger charge is 2.34. The predicted molar refractivity (Wildman–Crippen MR) is 88.4 cm³/mol. The molecule has 4 heteroatoms. The minimum atomic E-state index is -0.618. The van der Waals surface area contributed by atoms with Gasteiger partial charge < -0.3 is 11.1 Å². The lowest BCUT2D eigenvalue weighted by Gasteiger charge is -2.33. The highest BCUT2D eigenvalue weighted by Crippen LogP contribution is 2.26. The van der Waals surface area contributed by atoms with Gasteiger partial charge >= 0.3 is 0 Å². The van der Waals surface area contributed by atoms with Gasteiger partial charge in [0.15, 0.2) is 0 Å². The monoisotopic (exact) mass is 301 g/mol. The molecule has 0 saturated heterocycles. The van der Waals surface area contributed by atoms with Crippen LogP contribution in [0.25, 0.3) is 0 Å². The molecule has 1 aliphatic carbocycles. The summed E-state index contributed by atoms with van der Waals surface area (Å²) in [5.74, 6) is 0.0459. The zero-order valence-electron chi connectivity index (χ0n) is 13.3. The van der Waals surface area contributed by atoms with E-state index < -0.39 is 5.54 Å². The first-order valence-electron chi connectivity index (χ1n) is 8.54. The van der Waals surface area contributed by atoms with E-state index in [2.05, 4.69) is 34.5 Å². The van der Waals surface area contributed by atoms with Crippen molar-refractivity contribution >= 4 is 5.91 Å². The number of nitrogens with two attached hydrogens (primary N) is 1. The third-order valence-electron chi connectivity index (χ3n) is 5.12. The van der Waals surface area contributed by atoms with Gasteiger partial charge in [0.25, 0.3) is 0 Å². The van der Waals surface area contributed by atoms with Crippen molar-refractivity contribution < 1.29 is 4.79 Å². The number of nitrogens with zero attached hydrogens (tertiary/aromatic N) is 1. The topological polar surface area (TPSA) is 58.4 Å². The molecule has 0 unspecified atom stereocenters. The molecule has 22 heavy (non-hydrogen) atoms. The highest BCUT2D eigenvalue weighted by molar-refractivity contribution is 5.86. The molecule has 1 heterocycles. The van der Waals surface area contributed by atoms with E-state index in [1.807, 2.05) is 0 Å². The van der Waals surface area contributed by atoms with Gasteiger partial charge in [0.05, 0.1) is 5.54 Å². The summed E-state index contributed by atoms with van der Waals surface area (Å²) in [6, 6.07) is 8.64. The molecule has 3 N–H and O–H groups in total. The maximum Gasteiger partial charge on any atom is 0.240 e. The maximum atomic E-state index is 12.3. The molecule has 120 valence electrons. The van der Waals surface area contributed by atoms with Gasteiger partial charge in [-0.3, -0.25) is 9.69 Å². The Hall–Kier alpha value is -1.39. The quantitative estimate of drug-likeness (QED) is 0.892. The van der Waals surface area contributed by atoms with Crippen LogP contribution >= 0.6 is 0 Å². The SMILES string of the molecule is NC1(C(=O)NCCN2CCc3ccccc3C2)CCCCC1. The molecule has 0 spiro atoms. The van der Waals surface area contributed by atoms with Crippen LogP contribution in [-0.2, 0) is 17.8 Å². The van der Waals surface area contributed by atoms with E-state index in [0.717, 1.165) is 51.7 Å². The average Bonchev–Trinajstić information content (AvgIpc) is 2.55. The van der Waals surface area contributed by atoms with E-state index in [1.54, 1.807) is 0 Å². The molecule has 0 bridgehead atoms. The van der Waals surface area contributed by atoms with Crippen LogP contribution in [0, 0.1) is 0 Å². The zero-order chi connectivity index (χ0) is 15.4. The minimum absolute atomic E-state index is 0.0459. The van der Waals surface area contributed by atoms with Crippen molar-refractivity contribution in [2.24, 2.45) is 5.73 Å². The molecule has 3 rings (SSSR count). The molecule has 0 atom stereocenters. The Kier molecular flexibility index (Phi) is 4.79. The van der Waals surface area contributed by atoms with Gasteiger partial charge in [0.2, 0.25) is 5.91 Å². The van der Waals surface area contributed by atoms with Crippen LogP contribution in [0.15, 0.2) is 24.3 Å². The van der Waals surface area contributed by atoms with Crippen molar-refractivity contribution in [1.82, 2.24) is 10.2 Å². The Labute approximate surface area is 133 Å². The Morgan fingerprint density at radius 2 is 1.91 bits per heavy atom. The fraction of sp³-hybridized carbons (Fsp3) is 0.611. The lowest BCUT2D eigenvalue weighted by molar-refractivity contribution is -0.127. The third-order valence-corrected chi connectivity index (χ3v) is 5.12. The average molecular weight is 301 g/mol. The largest absolute Gasteiger partial charge is 0.353 e. The summed E-state index contributed by atoms with van der Waals surface area (Å²) in [6.45, 7) is 3.65. The van der Waals surface area contributed by atoms with Crippen molar-refractivity contribution in [1.29, 1.82) is 0 Å². The van der Waals surface area contributed by atoms with Gasteiger partial charge in [-0.15, -0.1) is 0 Å². The Morgan fingerprint density at radius 3 is 2.68 bits per heavy atom. The minimum Gasteiger partial charge on any atom is -0.353 e. The number of benzene rings is 1. The van der Waals surface area contributed by atoms with Crippen LogP contribution in [0.5, 0.6) is 0 Å². The second-order valence-electron chi connectivity index (χ2n) is 6.77. The molecule has 4 nitrogen and oxygen atoms in total. The third kappa shape index (κ3) is 3.50. The van der Waals surface area contributed by atoms with Crippen LogP contribution in [0.1, 0.15) is 43.2 Å². The fourth-order valence-electron chi connectivity index (χ4n) is 3.66. The van der Waals surface area contributed by atoms with Crippen molar-refractivity contribution in [3.63, 3.8) is 0 Å². The normalized spacial score (nSPS) is 21.1. The van der Waals surface area contributed by atoms with Crippen molar-refractivity contribution in [2.45, 2.75) is 50.6 Å². The Morgan fingerprint density at radius 1 is 1.18 bits per heavy atom. The van der Waals surface area contributed by atoms with Crippen molar-refractivity contribution in [3.8, 4) is 0 Å². The van der Waals surface area contributed by atoms with Crippen LogP contribution in [0.4, 0.5) is 0 Å². The van der Waals surface area contributed by atoms with Crippen molar-refractivity contribution in [3.05, 3.63) is 35.4 Å². The molecular weight excluding hydrogens is 274 g/mol. The molecule has 1 saturated carbocycles. The van der Waals surface area contributed by atoms with E-state index in [-0.39, 0.29) is 5.91 Å². The summed E-state index contributed by atoms with van der Waals surface area (Å²) in [6.07, 6.45) is 6.12. The predicted octanol–water partition coefficient (Wildman–Crippen LogP) is 1.82. The molecule has 1 fully saturated rings. The number of carbonyl (C=O) groups excluding carboxylic acids is 1. The molecule has 1 amide bonds. The Bertz CT molecular complexity index is 523. The van der Waals surface area contributed by atoms with Crippen LogP contribution in [0.2, 0.25) is 0 Å². The van der Waals surface area contributed by atoms with Crippen molar-refractivity contribution in [2.75, 3.05) is 19.6 Å². The number of hydrogen-bond donors (Lipinski definition) is 2. The molecule has 2 aliphatic rings. The summed E-state index contributed by atoms with van der Waals surface area (Å²) in [5.41, 5.74) is 8.52. The van der Waals surface area contributed by atoms with Crippen LogP contribution < -0.4 is 11.1 Å². The Balaban J connectivity index is 1.45. The summed E-state index contributed by atoms with van der Waals surface area (Å²) in [5, 5.41) is 3.06. The zero-order valence-corrected chi connectivity index (χ0v) is 13.3. The molecular formula is C18H27N3O. The van der Waals surface area contributed by atoms with Gasteiger partial charge in [0, 0.05) is 26.2 Å². The van der Waals surface area contributed by atoms with E-state index >= 15 is 0 Å². The second kappa shape index (κ2) is 6.80. The van der Waals surface area contributed by atoms with Gasteiger partial charge in [-0.25, -0.2) is 0 Å². The number of fused-ring (bicyclic) bond motifs is 1. The molecule has 1 aromatic rings. The molecule has 1 aromatic carbocycles. The van der Waals surface area contributed by atoms with E-state index in [1.165, 1.54) is 17.5 Å². The lowest BCUT2D eigenvalue weighted by Crippen LogP contribution is -2.55. The van der Waals surface area contributed by atoms with Gasteiger partial charge in [-0.1, -0.05) is 43.5 Å². The first-order chi connectivity index (χ1) is 10.7. The summed E-state index contributed by atoms with van der Waals surface area (Å²) >= 11 is 0. The molecule has 0 radical (unpaired) electrons. The van der Waals surface area contributed by atoms with Gasteiger partial charge in [-0.2, -0.15) is 0 Å². The maximum absolute atomic E-state index is 12.3. The molecule has 1 aliphatic heterocycles. The summed E-state index contributed by atoms with van der Waals surface area (Å²) in [7, 11) is 0. The highest BCUT2D eigenvalue weighted by atomic mass is 16.2. The molecule has 0 aromatic heterocycles. The van der Waals surface area contributed by atoms with Crippen LogP contribution in [-0.4, -0.2) is 36.0 Å². The number of rotatable bonds is 4. The fourth-order valence-corrected chi connectivity index (χ4v) is 3.66. The summed E-state index contributed by atoms with van der Waals surface area (Å²) in [4.78, 5) is 14.7.